The van der Waals surface area contributed by atoms with Crippen LogP contribution in [0.4, 0.5) is 0 Å². The van der Waals surface area contributed by atoms with E-state index in [1.54, 1.807) is 18.3 Å². The van der Waals surface area contributed by atoms with Gasteiger partial charge >= 0.3 is 0 Å². The topological polar surface area (TPSA) is 77.3 Å². The Morgan fingerprint density at radius 2 is 1.82 bits per heavy atom. The quantitative estimate of drug-likeness (QED) is 0.553. The molecule has 174 valence electrons. The normalized spacial score (nSPS) is 25.6. The van der Waals surface area contributed by atoms with Crippen molar-refractivity contribution in [2.45, 2.75) is 43.4 Å². The number of fused-ring (bicyclic) bond motifs is 1. The van der Waals surface area contributed by atoms with Gasteiger partial charge in [0.1, 0.15) is 6.10 Å². The van der Waals surface area contributed by atoms with Gasteiger partial charge in [-0.3, -0.25) is 9.58 Å². The lowest BCUT2D eigenvalue weighted by atomic mass is 9.77. The van der Waals surface area contributed by atoms with E-state index >= 15 is 0 Å². The maximum atomic E-state index is 11.7. The van der Waals surface area contributed by atoms with Crippen LogP contribution in [0.2, 0.25) is 0 Å². The van der Waals surface area contributed by atoms with E-state index in [4.69, 9.17) is 4.74 Å². The molecule has 0 unspecified atom stereocenters. The highest BCUT2D eigenvalue weighted by Crippen LogP contribution is 2.42. The minimum absolute atomic E-state index is 0.0226. The van der Waals surface area contributed by atoms with Gasteiger partial charge in [0.25, 0.3) is 0 Å². The van der Waals surface area contributed by atoms with E-state index in [-0.39, 0.29) is 12.1 Å². The molecule has 1 aromatic carbocycles. The molecule has 1 aliphatic heterocycles. The molecule has 3 heterocycles. The van der Waals surface area contributed by atoms with Gasteiger partial charge in [0.15, 0.2) is 9.84 Å². The lowest BCUT2D eigenvalue weighted by Crippen LogP contribution is -2.40. The molecule has 1 aliphatic carbocycles. The summed E-state index contributed by atoms with van der Waals surface area (Å²) in [4.78, 5) is 7.24. The molecule has 1 saturated heterocycles. The number of sulfone groups is 1. The molecule has 7 nitrogen and oxygen atoms in total. The molecule has 5 rings (SSSR count). The van der Waals surface area contributed by atoms with Crippen molar-refractivity contribution in [2.24, 2.45) is 11.8 Å². The average Bonchev–Trinajstić information content (AvgIpc) is 3.38. The first-order valence-electron chi connectivity index (χ1n) is 11.4. The van der Waals surface area contributed by atoms with Gasteiger partial charge in [0, 0.05) is 44.4 Å². The lowest BCUT2D eigenvalue weighted by molar-refractivity contribution is 0.0459. The van der Waals surface area contributed by atoms with Crippen LogP contribution < -0.4 is 4.74 Å². The van der Waals surface area contributed by atoms with E-state index < -0.39 is 9.84 Å². The Hall–Kier alpha value is -2.71. The van der Waals surface area contributed by atoms with Crippen molar-refractivity contribution in [1.82, 2.24) is 19.7 Å². The number of pyridine rings is 1. The Morgan fingerprint density at radius 3 is 2.45 bits per heavy atom. The molecule has 2 aliphatic rings. The van der Waals surface area contributed by atoms with Gasteiger partial charge < -0.3 is 4.74 Å². The first kappa shape index (κ1) is 22.1. The average molecular weight is 467 g/mol. The fourth-order valence-corrected chi connectivity index (χ4v) is 5.94. The van der Waals surface area contributed by atoms with Gasteiger partial charge in [-0.25, -0.2) is 13.4 Å². The minimum atomic E-state index is -3.17. The third-order valence-electron chi connectivity index (χ3n) is 6.90. The fraction of sp³-hybridized carbons (Fsp3) is 0.440. The zero-order valence-electron chi connectivity index (χ0n) is 19.0. The Morgan fingerprint density at radius 1 is 1.06 bits per heavy atom. The van der Waals surface area contributed by atoms with Crippen LogP contribution in [0.1, 0.15) is 30.0 Å². The molecule has 0 spiro atoms. The van der Waals surface area contributed by atoms with Crippen molar-refractivity contribution in [3.8, 4) is 5.88 Å². The third kappa shape index (κ3) is 4.96. The summed E-state index contributed by atoms with van der Waals surface area (Å²) in [5, 5.41) is 4.61. The van der Waals surface area contributed by atoms with Crippen molar-refractivity contribution in [3.05, 3.63) is 72.2 Å². The van der Waals surface area contributed by atoms with Crippen molar-refractivity contribution in [1.29, 1.82) is 0 Å². The number of likely N-dealkylation sites (tertiary alicyclic amines) is 1. The molecule has 4 atom stereocenters. The molecular formula is C25H30N4O3S. The zero-order valence-corrected chi connectivity index (χ0v) is 19.9. The summed E-state index contributed by atoms with van der Waals surface area (Å²) >= 11 is 0. The molecule has 2 aromatic heterocycles. The van der Waals surface area contributed by atoms with Crippen molar-refractivity contribution in [3.63, 3.8) is 0 Å². The van der Waals surface area contributed by atoms with Crippen LogP contribution in [0.5, 0.6) is 5.88 Å². The Labute approximate surface area is 195 Å². The molecule has 33 heavy (non-hydrogen) atoms. The smallest absolute Gasteiger partial charge is 0.213 e. The van der Waals surface area contributed by atoms with Crippen LogP contribution in [0.15, 0.2) is 66.0 Å². The van der Waals surface area contributed by atoms with E-state index in [1.807, 2.05) is 36.5 Å². The summed E-state index contributed by atoms with van der Waals surface area (Å²) in [6, 6.07) is 13.2. The van der Waals surface area contributed by atoms with Crippen LogP contribution in [0.3, 0.4) is 0 Å². The number of benzene rings is 1. The van der Waals surface area contributed by atoms with Crippen LogP contribution in [-0.4, -0.2) is 53.5 Å². The zero-order chi connectivity index (χ0) is 23.0. The molecule has 3 aromatic rings. The molecule has 8 heteroatoms. The van der Waals surface area contributed by atoms with Gasteiger partial charge in [-0.1, -0.05) is 18.2 Å². The Kier molecular flexibility index (Phi) is 5.97. The van der Waals surface area contributed by atoms with Crippen molar-refractivity contribution < 1.29 is 13.2 Å². The summed E-state index contributed by atoms with van der Waals surface area (Å²) in [7, 11) is -3.17. The number of aromatic nitrogens is 3. The van der Waals surface area contributed by atoms with E-state index in [0.29, 0.717) is 22.6 Å². The highest BCUT2D eigenvalue weighted by molar-refractivity contribution is 7.90. The predicted molar refractivity (Wildman–Crippen MR) is 126 cm³/mol. The maximum Gasteiger partial charge on any atom is 0.213 e. The van der Waals surface area contributed by atoms with E-state index in [0.717, 1.165) is 43.6 Å². The molecular weight excluding hydrogens is 436 g/mol. The minimum Gasteiger partial charge on any atom is -0.472 e. The molecule has 0 radical (unpaired) electrons. The van der Waals surface area contributed by atoms with Gasteiger partial charge in [0.2, 0.25) is 5.88 Å². The molecule has 2 fully saturated rings. The van der Waals surface area contributed by atoms with Crippen molar-refractivity contribution in [2.75, 3.05) is 19.3 Å². The fourth-order valence-electron chi connectivity index (χ4n) is 5.31. The van der Waals surface area contributed by atoms with Gasteiger partial charge in [-0.05, 0) is 60.9 Å². The standard InChI is InChI=1S/C25H30N4O3S/c1-18-13-27-29(14-18)23-11-20-16-28(15-19-6-8-22(9-7-19)33(2,30)31)17-21(20)12-24(23)32-25-5-3-4-10-26-25/h3-10,13-14,20-21,23-24H,11-12,15-17H2,1-2H3/t20-,21+,23-,24-/m0/s1. The highest BCUT2D eigenvalue weighted by atomic mass is 32.2. The summed E-state index contributed by atoms with van der Waals surface area (Å²) in [6.45, 7) is 4.95. The number of hydrogen-bond acceptors (Lipinski definition) is 6. The Balaban J connectivity index is 1.30. The number of hydrogen-bond donors (Lipinski definition) is 0. The van der Waals surface area contributed by atoms with E-state index in [2.05, 4.69) is 32.8 Å². The van der Waals surface area contributed by atoms with Gasteiger partial charge in [-0.15, -0.1) is 0 Å². The van der Waals surface area contributed by atoms with Crippen LogP contribution in [-0.2, 0) is 16.4 Å². The SMILES string of the molecule is Cc1cnn([C@H]2C[C@H]3CN(Cc4ccc(S(C)(=O)=O)cc4)C[C@H]3C[C@@H]2Oc2ccccn2)c1. The second kappa shape index (κ2) is 8.91. The molecule has 0 amide bonds. The summed E-state index contributed by atoms with van der Waals surface area (Å²) in [6.07, 6.45) is 9.03. The Bertz CT molecular complexity index is 1190. The summed E-state index contributed by atoms with van der Waals surface area (Å²) in [5.41, 5.74) is 2.29. The monoisotopic (exact) mass is 466 g/mol. The van der Waals surface area contributed by atoms with Crippen LogP contribution in [0, 0.1) is 18.8 Å². The van der Waals surface area contributed by atoms with Crippen LogP contribution in [0.25, 0.3) is 0 Å². The third-order valence-corrected chi connectivity index (χ3v) is 8.03. The maximum absolute atomic E-state index is 11.7. The summed E-state index contributed by atoms with van der Waals surface area (Å²) in [5.74, 6) is 1.80. The summed E-state index contributed by atoms with van der Waals surface area (Å²) < 4.78 is 31.9. The number of ether oxygens (including phenoxy) is 1. The molecule has 1 saturated carbocycles. The number of aryl methyl sites for hydroxylation is 1. The van der Waals surface area contributed by atoms with E-state index in [1.165, 1.54) is 6.26 Å². The van der Waals surface area contributed by atoms with Crippen molar-refractivity contribution >= 4 is 9.84 Å². The molecule has 0 N–H and O–H groups in total. The van der Waals surface area contributed by atoms with E-state index in [9.17, 15) is 8.42 Å². The first-order chi connectivity index (χ1) is 15.8. The second-order valence-electron chi connectivity index (χ2n) is 9.49. The van der Waals surface area contributed by atoms with Gasteiger partial charge in [-0.2, -0.15) is 5.10 Å². The highest BCUT2D eigenvalue weighted by Gasteiger charge is 2.44. The number of nitrogens with zero attached hydrogens (tertiary/aromatic N) is 4. The lowest BCUT2D eigenvalue weighted by Gasteiger charge is -2.37. The van der Waals surface area contributed by atoms with Gasteiger partial charge in [0.05, 0.1) is 17.1 Å². The molecule has 0 bridgehead atoms. The number of rotatable bonds is 6. The van der Waals surface area contributed by atoms with Crippen LogP contribution >= 0.6 is 0 Å². The second-order valence-corrected chi connectivity index (χ2v) is 11.5. The predicted octanol–water partition coefficient (Wildman–Crippen LogP) is 3.52. The first-order valence-corrected chi connectivity index (χ1v) is 13.3. The largest absolute Gasteiger partial charge is 0.472 e.